The van der Waals surface area contributed by atoms with Crippen molar-refractivity contribution in [2.75, 3.05) is 29.3 Å². The minimum atomic E-state index is -4.41. The van der Waals surface area contributed by atoms with Crippen LogP contribution in [0, 0.1) is 5.41 Å². The topological polar surface area (TPSA) is 107 Å². The van der Waals surface area contributed by atoms with Crippen LogP contribution in [0.5, 0.6) is 5.88 Å². The van der Waals surface area contributed by atoms with E-state index in [4.69, 9.17) is 25.4 Å². The van der Waals surface area contributed by atoms with Crippen LogP contribution in [0.25, 0.3) is 17.1 Å². The average molecular weight is 669 g/mol. The third-order valence-electron chi connectivity index (χ3n) is 8.10. The van der Waals surface area contributed by atoms with E-state index in [2.05, 4.69) is 20.8 Å². The molecular weight excluding hydrogens is 625 g/mol. The average Bonchev–Trinajstić information content (AvgIpc) is 3.50. The number of aryl methyl sites for hydroxylation is 1. The highest BCUT2D eigenvalue weighted by atomic mass is 32.2. The Kier molecular flexibility index (Phi) is 10.6. The van der Waals surface area contributed by atoms with Crippen molar-refractivity contribution in [1.29, 1.82) is 0 Å². The first kappa shape index (κ1) is 34.5. The predicted octanol–water partition coefficient (Wildman–Crippen LogP) is 7.86. The maximum atomic E-state index is 13.4. The fraction of sp³-hybridized carbons (Fsp3) is 0.471. The van der Waals surface area contributed by atoms with Crippen LogP contribution in [-0.4, -0.2) is 56.1 Å². The number of fused-ring (bicyclic) bond motifs is 6. The number of ether oxygens (including phenoxy) is 1. The molecule has 0 fully saturated rings. The normalized spacial score (nSPS) is 15.0. The number of hydrogen-bond acceptors (Lipinski definition) is 9. The second kappa shape index (κ2) is 14.5. The Morgan fingerprint density at radius 2 is 1.74 bits per heavy atom. The van der Waals surface area contributed by atoms with Gasteiger partial charge in [-0.1, -0.05) is 43.2 Å². The van der Waals surface area contributed by atoms with E-state index in [-0.39, 0.29) is 11.4 Å². The summed E-state index contributed by atoms with van der Waals surface area (Å²) in [6.07, 6.45) is 4.74. The number of nitrogens with one attached hydrogen (secondary N) is 1. The molecule has 5 rings (SSSR count). The molecule has 9 nitrogen and oxygen atoms in total. The van der Waals surface area contributed by atoms with Crippen molar-refractivity contribution in [1.82, 2.24) is 24.7 Å². The van der Waals surface area contributed by atoms with Gasteiger partial charge in [-0.15, -0.1) is 5.10 Å². The number of anilines is 2. The molecule has 47 heavy (non-hydrogen) atoms. The van der Waals surface area contributed by atoms with Gasteiger partial charge in [-0.2, -0.15) is 13.2 Å². The van der Waals surface area contributed by atoms with Gasteiger partial charge in [0.1, 0.15) is 23.1 Å². The number of nitrogens with zero attached hydrogens (tertiary/aromatic N) is 6. The largest absolute Gasteiger partial charge is 0.476 e. The van der Waals surface area contributed by atoms with Gasteiger partial charge in [-0.3, -0.25) is 0 Å². The number of hydrogen-bond donors (Lipinski definition) is 2. The van der Waals surface area contributed by atoms with E-state index in [1.807, 2.05) is 50.2 Å². The summed E-state index contributed by atoms with van der Waals surface area (Å²) >= 11 is 1.35. The summed E-state index contributed by atoms with van der Waals surface area (Å²) < 4.78 is 50.5. The van der Waals surface area contributed by atoms with Crippen molar-refractivity contribution in [2.45, 2.75) is 83.0 Å². The zero-order chi connectivity index (χ0) is 33.7. The number of nitrogens with two attached hydrogens (primary N) is 1. The van der Waals surface area contributed by atoms with Crippen LogP contribution in [0.1, 0.15) is 65.4 Å². The van der Waals surface area contributed by atoms with E-state index < -0.39 is 18.2 Å². The van der Waals surface area contributed by atoms with Gasteiger partial charge in [0, 0.05) is 48.4 Å². The quantitative estimate of drug-likeness (QED) is 0.190. The summed E-state index contributed by atoms with van der Waals surface area (Å²) in [6, 6.07) is 15.6. The van der Waals surface area contributed by atoms with Gasteiger partial charge in [0.15, 0.2) is 11.6 Å². The van der Waals surface area contributed by atoms with Crippen molar-refractivity contribution in [3.63, 3.8) is 0 Å². The second-order valence-electron chi connectivity index (χ2n) is 13.3. The molecule has 4 heterocycles. The van der Waals surface area contributed by atoms with Gasteiger partial charge in [0.2, 0.25) is 5.88 Å². The molecule has 1 aromatic carbocycles. The van der Waals surface area contributed by atoms with E-state index in [0.29, 0.717) is 17.3 Å². The van der Waals surface area contributed by atoms with E-state index in [1.165, 1.54) is 22.7 Å². The first-order valence-corrected chi connectivity index (χ1v) is 16.8. The summed E-state index contributed by atoms with van der Waals surface area (Å²) in [5.41, 5.74) is 6.67. The SMILES string of the molecule is CC(C)(N)CCN1CCCCCCc2ccccc2-c2nc(cnc2-n2ccc(OCC(C)(C)C(F)(F)F)n2)NSc2cccc1n2. The number of rotatable bonds is 7. The van der Waals surface area contributed by atoms with Crippen molar-refractivity contribution in [3.05, 3.63) is 66.5 Å². The van der Waals surface area contributed by atoms with Gasteiger partial charge >= 0.3 is 6.18 Å². The van der Waals surface area contributed by atoms with Gasteiger partial charge in [-0.05, 0) is 71.1 Å². The molecular formula is C34H43F3N8OS. The second-order valence-corrected chi connectivity index (χ2v) is 14.1. The zero-order valence-corrected chi connectivity index (χ0v) is 28.2. The van der Waals surface area contributed by atoms with Crippen LogP contribution in [-0.2, 0) is 6.42 Å². The maximum Gasteiger partial charge on any atom is 0.397 e. The monoisotopic (exact) mass is 668 g/mol. The molecule has 0 radical (unpaired) electrons. The summed E-state index contributed by atoms with van der Waals surface area (Å²) in [5.74, 6) is 1.95. The highest BCUT2D eigenvalue weighted by Gasteiger charge is 2.48. The minimum absolute atomic E-state index is 0.0710. The Bertz CT molecular complexity index is 1640. The van der Waals surface area contributed by atoms with E-state index in [1.54, 1.807) is 12.4 Å². The highest BCUT2D eigenvalue weighted by Crippen LogP contribution is 2.38. The number of benzene rings is 1. The smallest absolute Gasteiger partial charge is 0.397 e. The van der Waals surface area contributed by atoms with Crippen LogP contribution in [0.15, 0.2) is 66.0 Å². The highest BCUT2D eigenvalue weighted by molar-refractivity contribution is 8.00. The summed E-state index contributed by atoms with van der Waals surface area (Å²) in [5, 5.41) is 5.21. The molecule has 4 bridgehead atoms. The minimum Gasteiger partial charge on any atom is -0.476 e. The molecule has 0 atom stereocenters. The number of aromatic nitrogens is 5. The molecule has 1 aliphatic rings. The molecule has 0 saturated heterocycles. The maximum absolute atomic E-state index is 13.4. The van der Waals surface area contributed by atoms with Gasteiger partial charge in [-0.25, -0.2) is 19.6 Å². The van der Waals surface area contributed by atoms with Crippen molar-refractivity contribution in [2.24, 2.45) is 11.1 Å². The lowest BCUT2D eigenvalue weighted by Gasteiger charge is -2.28. The summed E-state index contributed by atoms with van der Waals surface area (Å²) in [4.78, 5) is 17.0. The Morgan fingerprint density at radius 3 is 2.53 bits per heavy atom. The molecule has 0 amide bonds. The lowest BCUT2D eigenvalue weighted by Crippen LogP contribution is -2.38. The Hall–Kier alpha value is -3.84. The molecule has 0 spiro atoms. The van der Waals surface area contributed by atoms with Crippen molar-refractivity contribution in [3.8, 4) is 23.0 Å². The van der Waals surface area contributed by atoms with Gasteiger partial charge < -0.3 is 20.1 Å². The van der Waals surface area contributed by atoms with E-state index in [9.17, 15) is 13.2 Å². The Morgan fingerprint density at radius 1 is 0.957 bits per heavy atom. The van der Waals surface area contributed by atoms with Gasteiger partial charge in [0.25, 0.3) is 0 Å². The lowest BCUT2D eigenvalue weighted by atomic mass is 9.94. The van der Waals surface area contributed by atoms with E-state index in [0.717, 1.165) is 87.4 Å². The molecule has 0 aliphatic carbocycles. The van der Waals surface area contributed by atoms with Crippen LogP contribution >= 0.6 is 11.9 Å². The third kappa shape index (κ3) is 9.16. The van der Waals surface area contributed by atoms with Crippen LogP contribution in [0.3, 0.4) is 0 Å². The molecule has 4 aromatic rings. The number of pyridine rings is 1. The first-order valence-electron chi connectivity index (χ1n) is 15.9. The third-order valence-corrected chi connectivity index (χ3v) is 8.85. The zero-order valence-electron chi connectivity index (χ0n) is 27.3. The summed E-state index contributed by atoms with van der Waals surface area (Å²) in [6.45, 7) is 7.46. The van der Waals surface area contributed by atoms with Crippen molar-refractivity contribution < 1.29 is 17.9 Å². The number of alkyl halides is 3. The Labute approximate surface area is 278 Å². The van der Waals surface area contributed by atoms with Gasteiger partial charge in [0.05, 0.1) is 11.6 Å². The molecule has 0 saturated carbocycles. The molecule has 252 valence electrons. The van der Waals surface area contributed by atoms with E-state index >= 15 is 0 Å². The molecule has 0 unspecified atom stereocenters. The number of halogens is 3. The molecule has 13 heteroatoms. The fourth-order valence-corrected chi connectivity index (χ4v) is 5.66. The fourth-order valence-electron chi connectivity index (χ4n) is 5.07. The molecule has 1 aliphatic heterocycles. The first-order chi connectivity index (χ1) is 22.3. The molecule has 3 aromatic heterocycles. The van der Waals surface area contributed by atoms with Crippen molar-refractivity contribution >= 4 is 23.6 Å². The van der Waals surface area contributed by atoms with Crippen LogP contribution in [0.4, 0.5) is 24.8 Å². The summed E-state index contributed by atoms with van der Waals surface area (Å²) in [7, 11) is 0. The van der Waals surface area contributed by atoms with Crippen LogP contribution < -0.4 is 20.1 Å². The predicted molar refractivity (Wildman–Crippen MR) is 181 cm³/mol. The van der Waals surface area contributed by atoms with Crippen LogP contribution in [0.2, 0.25) is 0 Å². The lowest BCUT2D eigenvalue weighted by molar-refractivity contribution is -0.219. The Balaban J connectivity index is 1.46. The molecule has 3 N–H and O–H groups in total. The standard InChI is InChI=1S/C34H43F3N8OS/c1-32(2,34(35,36)37)23-46-28-17-20-45(42-28)31-30-25-14-9-8-13-24(25)12-7-5-6-10-19-44(21-18-33(3,4)38)27-15-11-16-29(41-27)47-43-26(40-30)22-39-31/h8-9,11,13-17,20,22H,5-7,10,12,18-19,21,23,38H2,1-4H3,(H,40,43).